The van der Waals surface area contributed by atoms with Crippen LogP contribution in [0.15, 0.2) is 12.2 Å². The van der Waals surface area contributed by atoms with E-state index in [-0.39, 0.29) is 6.54 Å². The summed E-state index contributed by atoms with van der Waals surface area (Å²) in [4.78, 5) is 1.63. The third-order valence-corrected chi connectivity index (χ3v) is 1.69. The maximum Gasteiger partial charge on any atom is 0.272 e. The molecule has 0 aromatic rings. The summed E-state index contributed by atoms with van der Waals surface area (Å²) >= 11 is 0. The first kappa shape index (κ1) is 12.5. The van der Waals surface area contributed by atoms with Gasteiger partial charge in [-0.25, -0.2) is 8.78 Å². The number of hydrogen-bond acceptors (Lipinski definition) is 2. The summed E-state index contributed by atoms with van der Waals surface area (Å²) in [5.41, 5.74) is 5.82. The number of likely N-dealkylation sites (N-methyl/N-ethyl adjacent to an activating group) is 1. The fourth-order valence-electron chi connectivity index (χ4n) is 1.05. The molecule has 2 N–H and O–H groups in total. The predicted octanol–water partition coefficient (Wildman–Crippen LogP) is 1.48. The van der Waals surface area contributed by atoms with E-state index in [1.54, 1.807) is 4.90 Å². The van der Waals surface area contributed by atoms with Gasteiger partial charge in [-0.15, -0.1) is 0 Å². The van der Waals surface area contributed by atoms with Crippen LogP contribution in [0.1, 0.15) is 13.8 Å². The van der Waals surface area contributed by atoms with Crippen molar-refractivity contribution < 1.29 is 8.78 Å². The van der Waals surface area contributed by atoms with E-state index in [1.165, 1.54) is 0 Å². The highest BCUT2D eigenvalue weighted by atomic mass is 19.3. The van der Waals surface area contributed by atoms with Crippen molar-refractivity contribution in [1.82, 2.24) is 4.90 Å². The minimum atomic E-state index is -2.79. The molecule has 0 heterocycles. The molecular weight excluding hydrogens is 174 g/mol. The summed E-state index contributed by atoms with van der Waals surface area (Å²) in [7, 11) is 0. The number of nitrogens with zero attached hydrogens (tertiary/aromatic N) is 1. The Bertz CT molecular complexity index is 169. The van der Waals surface area contributed by atoms with Crippen LogP contribution in [-0.4, -0.2) is 37.0 Å². The van der Waals surface area contributed by atoms with Crippen molar-refractivity contribution in [2.45, 2.75) is 19.8 Å². The van der Waals surface area contributed by atoms with Crippen LogP contribution in [0.5, 0.6) is 0 Å². The zero-order valence-electron chi connectivity index (χ0n) is 8.32. The van der Waals surface area contributed by atoms with Crippen LogP contribution < -0.4 is 5.73 Å². The van der Waals surface area contributed by atoms with Crippen LogP contribution in [0.25, 0.3) is 0 Å². The second-order valence-corrected chi connectivity index (χ2v) is 3.32. The lowest BCUT2D eigenvalue weighted by Crippen LogP contribution is -2.42. The summed E-state index contributed by atoms with van der Waals surface area (Å²) < 4.78 is 25.7. The van der Waals surface area contributed by atoms with E-state index in [0.29, 0.717) is 13.1 Å². The molecule has 0 bridgehead atoms. The molecule has 0 radical (unpaired) electrons. The van der Waals surface area contributed by atoms with Crippen LogP contribution >= 0.6 is 0 Å². The van der Waals surface area contributed by atoms with Gasteiger partial charge in [-0.05, 0) is 13.5 Å². The molecule has 0 saturated carbocycles. The Morgan fingerprint density at radius 2 is 2.08 bits per heavy atom. The van der Waals surface area contributed by atoms with Crippen LogP contribution in [-0.2, 0) is 0 Å². The highest BCUT2D eigenvalue weighted by molar-refractivity contribution is 4.92. The van der Waals surface area contributed by atoms with Crippen molar-refractivity contribution in [3.8, 4) is 0 Å². The first-order valence-corrected chi connectivity index (χ1v) is 4.36. The van der Waals surface area contributed by atoms with Gasteiger partial charge >= 0.3 is 0 Å². The van der Waals surface area contributed by atoms with Crippen molar-refractivity contribution in [3.63, 3.8) is 0 Å². The summed E-state index contributed by atoms with van der Waals surface area (Å²) in [6.07, 6.45) is 0. The first-order chi connectivity index (χ1) is 5.91. The highest BCUT2D eigenvalue weighted by Crippen LogP contribution is 2.13. The second-order valence-electron chi connectivity index (χ2n) is 3.32. The molecule has 0 amide bonds. The molecule has 78 valence electrons. The fraction of sp³-hybridized carbons (Fsp3) is 0.778. The average Bonchev–Trinajstić information content (AvgIpc) is 2.02. The van der Waals surface area contributed by atoms with Gasteiger partial charge in [0.05, 0.1) is 13.1 Å². The van der Waals surface area contributed by atoms with E-state index in [0.717, 1.165) is 5.57 Å². The zero-order valence-corrected chi connectivity index (χ0v) is 8.32. The van der Waals surface area contributed by atoms with Gasteiger partial charge in [-0.1, -0.05) is 19.1 Å². The maximum absolute atomic E-state index is 12.8. The van der Waals surface area contributed by atoms with E-state index in [4.69, 9.17) is 5.73 Å². The molecule has 0 unspecified atom stereocenters. The number of rotatable bonds is 6. The van der Waals surface area contributed by atoms with Crippen molar-refractivity contribution in [1.29, 1.82) is 0 Å². The molecular formula is C9H18F2N2. The fourth-order valence-corrected chi connectivity index (χ4v) is 1.05. The quantitative estimate of drug-likeness (QED) is 0.646. The van der Waals surface area contributed by atoms with Crippen LogP contribution in [0.2, 0.25) is 0 Å². The van der Waals surface area contributed by atoms with Gasteiger partial charge in [0.15, 0.2) is 0 Å². The molecule has 0 spiro atoms. The number of nitrogens with two attached hydrogens (primary N) is 1. The molecule has 0 aromatic carbocycles. The third-order valence-electron chi connectivity index (χ3n) is 1.69. The molecule has 0 fully saturated rings. The summed E-state index contributed by atoms with van der Waals surface area (Å²) in [6, 6.07) is 0. The summed E-state index contributed by atoms with van der Waals surface area (Å²) in [5.74, 6) is -2.79. The van der Waals surface area contributed by atoms with E-state index in [2.05, 4.69) is 6.58 Å². The van der Waals surface area contributed by atoms with Crippen LogP contribution in [0.3, 0.4) is 0 Å². The van der Waals surface area contributed by atoms with E-state index in [9.17, 15) is 8.78 Å². The Hall–Kier alpha value is -0.480. The molecule has 0 aliphatic carbocycles. The Morgan fingerprint density at radius 1 is 1.54 bits per heavy atom. The van der Waals surface area contributed by atoms with Gasteiger partial charge in [0.1, 0.15) is 0 Å². The SMILES string of the molecule is C=C(C)CN(CC)CC(F)(F)CN. The van der Waals surface area contributed by atoms with Gasteiger partial charge < -0.3 is 5.73 Å². The minimum absolute atomic E-state index is 0.285. The Morgan fingerprint density at radius 3 is 2.38 bits per heavy atom. The number of halogens is 2. The first-order valence-electron chi connectivity index (χ1n) is 4.36. The largest absolute Gasteiger partial charge is 0.325 e. The molecule has 4 heteroatoms. The Labute approximate surface area is 78.4 Å². The molecule has 0 aliphatic heterocycles. The van der Waals surface area contributed by atoms with Crippen molar-refractivity contribution in [2.75, 3.05) is 26.2 Å². The van der Waals surface area contributed by atoms with Crippen molar-refractivity contribution in [3.05, 3.63) is 12.2 Å². The topological polar surface area (TPSA) is 29.3 Å². The molecule has 0 saturated heterocycles. The lowest BCUT2D eigenvalue weighted by molar-refractivity contribution is -0.0202. The van der Waals surface area contributed by atoms with Crippen molar-refractivity contribution in [2.24, 2.45) is 5.73 Å². The lowest BCUT2D eigenvalue weighted by atomic mass is 10.2. The molecule has 0 aliphatic rings. The molecule has 0 atom stereocenters. The van der Waals surface area contributed by atoms with Gasteiger partial charge in [-0.2, -0.15) is 0 Å². The van der Waals surface area contributed by atoms with E-state index in [1.807, 2.05) is 13.8 Å². The van der Waals surface area contributed by atoms with Crippen molar-refractivity contribution >= 4 is 0 Å². The molecule has 13 heavy (non-hydrogen) atoms. The zero-order chi connectivity index (χ0) is 10.5. The number of alkyl halides is 2. The monoisotopic (exact) mass is 192 g/mol. The van der Waals surface area contributed by atoms with Gasteiger partial charge in [0.25, 0.3) is 5.92 Å². The standard InChI is InChI=1S/C9H18F2N2/c1-4-13(5-8(2)3)7-9(10,11)6-12/h2,4-7,12H2,1,3H3. The molecule has 2 nitrogen and oxygen atoms in total. The van der Waals surface area contributed by atoms with E-state index >= 15 is 0 Å². The Balaban J connectivity index is 4.04. The van der Waals surface area contributed by atoms with Gasteiger partial charge in [0, 0.05) is 6.54 Å². The smallest absolute Gasteiger partial charge is 0.272 e. The normalized spacial score (nSPS) is 12.2. The average molecular weight is 192 g/mol. The summed E-state index contributed by atoms with van der Waals surface area (Å²) in [5, 5.41) is 0. The van der Waals surface area contributed by atoms with Crippen LogP contribution in [0, 0.1) is 0 Å². The second kappa shape index (κ2) is 5.29. The van der Waals surface area contributed by atoms with E-state index < -0.39 is 12.5 Å². The lowest BCUT2D eigenvalue weighted by Gasteiger charge is -2.25. The third kappa shape index (κ3) is 5.71. The summed E-state index contributed by atoms with van der Waals surface area (Å²) in [6.45, 7) is 7.56. The number of hydrogen-bond donors (Lipinski definition) is 1. The predicted molar refractivity (Wildman–Crippen MR) is 50.9 cm³/mol. The van der Waals surface area contributed by atoms with Gasteiger partial charge in [-0.3, -0.25) is 4.90 Å². The van der Waals surface area contributed by atoms with Crippen LogP contribution in [0.4, 0.5) is 8.78 Å². The highest BCUT2D eigenvalue weighted by Gasteiger charge is 2.28. The molecule has 0 aromatic heterocycles. The van der Waals surface area contributed by atoms with Gasteiger partial charge in [0.2, 0.25) is 0 Å². The minimum Gasteiger partial charge on any atom is -0.325 e. The molecule has 0 rings (SSSR count). The maximum atomic E-state index is 12.8. The Kier molecular flexibility index (Phi) is 5.10.